The van der Waals surface area contributed by atoms with Crippen LogP contribution in [0.3, 0.4) is 0 Å². The van der Waals surface area contributed by atoms with Crippen molar-refractivity contribution < 1.29 is 27.1 Å². The Morgan fingerprint density at radius 3 is 2.53 bits per heavy atom. The van der Waals surface area contributed by atoms with Gasteiger partial charge in [-0.1, -0.05) is 24.3 Å². The van der Waals surface area contributed by atoms with E-state index in [2.05, 4.69) is 5.32 Å². The van der Waals surface area contributed by atoms with Crippen molar-refractivity contribution in [3.8, 4) is 17.6 Å². The van der Waals surface area contributed by atoms with Crippen LogP contribution in [-0.2, 0) is 14.9 Å². The third-order valence-electron chi connectivity index (χ3n) is 4.74. The van der Waals surface area contributed by atoms with E-state index in [1.54, 1.807) is 25.1 Å². The van der Waals surface area contributed by atoms with Gasteiger partial charge in [-0.25, -0.2) is 0 Å². The number of amides is 1. The Balaban J connectivity index is 1.89. The summed E-state index contributed by atoms with van der Waals surface area (Å²) < 4.78 is 36.1. The zero-order valence-corrected chi connectivity index (χ0v) is 20.1. The van der Waals surface area contributed by atoms with E-state index in [-0.39, 0.29) is 23.7 Å². The van der Waals surface area contributed by atoms with Crippen molar-refractivity contribution in [3.05, 3.63) is 93.5 Å². The second-order valence-corrected chi connectivity index (χ2v) is 8.97. The zero-order valence-electron chi connectivity index (χ0n) is 19.3. The lowest BCUT2D eigenvalue weighted by Crippen LogP contribution is -2.13. The molecule has 184 valence electrons. The largest absolute Gasteiger partial charge is 0.490 e. The van der Waals surface area contributed by atoms with Gasteiger partial charge in [0.1, 0.15) is 16.5 Å². The van der Waals surface area contributed by atoms with E-state index < -0.39 is 31.5 Å². The fourth-order valence-electron chi connectivity index (χ4n) is 3.11. The predicted octanol–water partition coefficient (Wildman–Crippen LogP) is 4.62. The lowest BCUT2D eigenvalue weighted by molar-refractivity contribution is -0.385. The van der Waals surface area contributed by atoms with E-state index in [9.17, 15) is 28.6 Å². The van der Waals surface area contributed by atoms with Crippen molar-refractivity contribution >= 4 is 33.5 Å². The van der Waals surface area contributed by atoms with Gasteiger partial charge in [0.2, 0.25) is 0 Å². The number of benzene rings is 3. The summed E-state index contributed by atoms with van der Waals surface area (Å²) in [6.45, 7) is 3.71. The molecule has 0 aliphatic carbocycles. The normalized spacial score (nSPS) is 11.3. The monoisotopic (exact) mass is 507 g/mol. The topological polar surface area (TPSA) is 149 Å². The van der Waals surface area contributed by atoms with Crippen molar-refractivity contribution in [2.24, 2.45) is 0 Å². The van der Waals surface area contributed by atoms with E-state index in [4.69, 9.17) is 8.92 Å². The molecule has 1 amide bonds. The van der Waals surface area contributed by atoms with Crippen molar-refractivity contribution in [2.45, 2.75) is 18.7 Å². The Hall–Kier alpha value is -4.69. The van der Waals surface area contributed by atoms with Crippen molar-refractivity contribution in [2.75, 3.05) is 11.9 Å². The van der Waals surface area contributed by atoms with Crippen LogP contribution in [0.25, 0.3) is 6.08 Å². The number of rotatable bonds is 9. The first kappa shape index (κ1) is 25.9. The highest BCUT2D eigenvalue weighted by Gasteiger charge is 2.22. The molecule has 0 atom stereocenters. The highest BCUT2D eigenvalue weighted by atomic mass is 32.2. The number of nitrogens with zero attached hydrogens (tertiary/aromatic N) is 2. The second-order valence-electron chi connectivity index (χ2n) is 7.42. The Labute approximate surface area is 207 Å². The number of anilines is 1. The van der Waals surface area contributed by atoms with E-state index in [0.29, 0.717) is 11.3 Å². The Morgan fingerprint density at radius 2 is 1.86 bits per heavy atom. The van der Waals surface area contributed by atoms with Gasteiger partial charge in [0.15, 0.2) is 11.5 Å². The number of nitriles is 1. The number of carbonyl (C=O) groups is 1. The van der Waals surface area contributed by atoms with Crippen LogP contribution >= 0.6 is 0 Å². The number of carbonyl (C=O) groups excluding carboxylic acids is 1. The lowest BCUT2D eigenvalue weighted by atomic mass is 10.1. The molecule has 3 aromatic rings. The van der Waals surface area contributed by atoms with Crippen LogP contribution in [0.4, 0.5) is 11.4 Å². The number of hydrogen-bond acceptors (Lipinski definition) is 8. The summed E-state index contributed by atoms with van der Waals surface area (Å²) in [5, 5.41) is 23.1. The smallest absolute Gasteiger partial charge is 0.339 e. The molecule has 0 heterocycles. The quantitative estimate of drug-likeness (QED) is 0.145. The Kier molecular flexibility index (Phi) is 8.03. The molecule has 0 fully saturated rings. The summed E-state index contributed by atoms with van der Waals surface area (Å²) in [5.41, 5.74) is 1.27. The van der Waals surface area contributed by atoms with Gasteiger partial charge >= 0.3 is 10.1 Å². The van der Waals surface area contributed by atoms with Crippen LogP contribution in [0.5, 0.6) is 11.5 Å². The molecular formula is C25H21N3O7S. The van der Waals surface area contributed by atoms with Crippen molar-refractivity contribution in [1.29, 1.82) is 5.26 Å². The number of nitro groups is 1. The molecule has 0 saturated heterocycles. The molecule has 0 aliphatic heterocycles. The molecule has 10 nitrogen and oxygen atoms in total. The molecule has 0 radical (unpaired) electrons. The fraction of sp³-hybridized carbons (Fsp3) is 0.120. The minimum atomic E-state index is -4.42. The van der Waals surface area contributed by atoms with E-state index >= 15 is 0 Å². The molecule has 3 rings (SSSR count). The van der Waals surface area contributed by atoms with Gasteiger partial charge < -0.3 is 14.2 Å². The highest BCUT2D eigenvalue weighted by Crippen LogP contribution is 2.32. The molecule has 0 saturated carbocycles. The average molecular weight is 508 g/mol. The van der Waals surface area contributed by atoms with Crippen LogP contribution in [0.2, 0.25) is 0 Å². The van der Waals surface area contributed by atoms with Crippen LogP contribution in [0, 0.1) is 28.4 Å². The van der Waals surface area contributed by atoms with Crippen molar-refractivity contribution in [3.63, 3.8) is 0 Å². The van der Waals surface area contributed by atoms with E-state index in [1.165, 1.54) is 36.4 Å². The molecule has 0 bridgehead atoms. The summed E-state index contributed by atoms with van der Waals surface area (Å²) in [7, 11) is -4.42. The Bertz CT molecular complexity index is 1490. The first-order chi connectivity index (χ1) is 17.1. The van der Waals surface area contributed by atoms with Crippen LogP contribution in [0.15, 0.2) is 77.2 Å². The Morgan fingerprint density at radius 1 is 1.11 bits per heavy atom. The first-order valence-corrected chi connectivity index (χ1v) is 12.0. The van der Waals surface area contributed by atoms with Gasteiger partial charge in [0.05, 0.1) is 11.5 Å². The van der Waals surface area contributed by atoms with Crippen LogP contribution < -0.4 is 14.2 Å². The standard InChI is InChI=1S/C25H21N3O7S/c1-3-34-24-14-18(13-19(16-26)25(29)27-20-7-4-6-17(2)12-20)10-11-23(24)35-36(32,33)22-9-5-8-21(15-22)28(30)31/h4-15H,3H2,1-2H3,(H,27,29)/b19-13+. The first-order valence-electron chi connectivity index (χ1n) is 10.6. The van der Waals surface area contributed by atoms with Gasteiger partial charge in [-0.05, 0) is 61.4 Å². The molecule has 1 N–H and O–H groups in total. The summed E-state index contributed by atoms with van der Waals surface area (Å²) in [6, 6.07) is 17.6. The number of nitro benzene ring substituents is 1. The molecule has 3 aromatic carbocycles. The van der Waals surface area contributed by atoms with Gasteiger partial charge in [0, 0.05) is 17.8 Å². The average Bonchev–Trinajstić information content (AvgIpc) is 2.84. The van der Waals surface area contributed by atoms with Crippen LogP contribution in [0.1, 0.15) is 18.1 Å². The van der Waals surface area contributed by atoms with Gasteiger partial charge in [-0.2, -0.15) is 13.7 Å². The van der Waals surface area contributed by atoms with E-state index in [1.807, 2.05) is 19.1 Å². The number of hydrogen-bond donors (Lipinski definition) is 1. The predicted molar refractivity (Wildman–Crippen MR) is 132 cm³/mol. The highest BCUT2D eigenvalue weighted by molar-refractivity contribution is 7.87. The maximum atomic E-state index is 12.7. The maximum Gasteiger partial charge on any atom is 0.339 e. The summed E-state index contributed by atoms with van der Waals surface area (Å²) in [4.78, 5) is 22.4. The number of non-ortho nitro benzene ring substituents is 1. The molecule has 11 heteroatoms. The maximum absolute atomic E-state index is 12.7. The third kappa shape index (κ3) is 6.46. The summed E-state index contributed by atoms with van der Waals surface area (Å²) in [6.07, 6.45) is 1.33. The summed E-state index contributed by atoms with van der Waals surface area (Å²) in [5.74, 6) is -0.741. The third-order valence-corrected chi connectivity index (χ3v) is 5.97. The van der Waals surface area contributed by atoms with E-state index in [0.717, 1.165) is 17.7 Å². The van der Waals surface area contributed by atoms with Gasteiger partial charge in [0.25, 0.3) is 11.6 Å². The number of nitrogens with one attached hydrogen (secondary N) is 1. The molecule has 0 aliphatic rings. The summed E-state index contributed by atoms with van der Waals surface area (Å²) >= 11 is 0. The zero-order chi connectivity index (χ0) is 26.3. The molecular weight excluding hydrogens is 486 g/mol. The lowest BCUT2D eigenvalue weighted by Gasteiger charge is -2.13. The minimum Gasteiger partial charge on any atom is -0.490 e. The molecule has 36 heavy (non-hydrogen) atoms. The SMILES string of the molecule is CCOc1cc(/C=C(\C#N)C(=O)Nc2cccc(C)c2)ccc1OS(=O)(=O)c1cccc([N+](=O)[O-])c1. The molecule has 0 aromatic heterocycles. The number of ether oxygens (including phenoxy) is 1. The fourth-order valence-corrected chi connectivity index (χ4v) is 4.09. The minimum absolute atomic E-state index is 0.0386. The molecule has 0 unspecified atom stereocenters. The van der Waals surface area contributed by atoms with Gasteiger partial charge in [-0.3, -0.25) is 14.9 Å². The number of aryl methyl sites for hydroxylation is 1. The van der Waals surface area contributed by atoms with Crippen molar-refractivity contribution in [1.82, 2.24) is 0 Å². The van der Waals surface area contributed by atoms with Gasteiger partial charge in [-0.15, -0.1) is 0 Å². The molecule has 0 spiro atoms. The second kappa shape index (κ2) is 11.2. The van der Waals surface area contributed by atoms with Crippen LogP contribution in [-0.4, -0.2) is 25.9 Å².